The van der Waals surface area contributed by atoms with E-state index in [1.807, 2.05) is 12.1 Å². The first-order valence-electron chi connectivity index (χ1n) is 6.61. The second-order valence-electron chi connectivity index (χ2n) is 5.06. The lowest BCUT2D eigenvalue weighted by molar-refractivity contribution is 0.600. The Kier molecular flexibility index (Phi) is 3.55. The van der Waals surface area contributed by atoms with Crippen LogP contribution in [0.25, 0.3) is 0 Å². The molecule has 21 heavy (non-hydrogen) atoms. The van der Waals surface area contributed by atoms with Gasteiger partial charge in [-0.25, -0.2) is 8.42 Å². The Morgan fingerprint density at radius 1 is 1.19 bits per heavy atom. The van der Waals surface area contributed by atoms with E-state index in [2.05, 4.69) is 10.0 Å². The van der Waals surface area contributed by atoms with Crippen molar-refractivity contribution in [2.24, 2.45) is 0 Å². The Bertz CT molecular complexity index is 803. The molecule has 1 heterocycles. The first kappa shape index (κ1) is 14.2. The fourth-order valence-corrected chi connectivity index (χ4v) is 4.00. The molecule has 0 fully saturated rings. The third-order valence-electron chi connectivity index (χ3n) is 3.49. The highest BCUT2D eigenvalue weighted by Gasteiger charge is 2.18. The quantitative estimate of drug-likeness (QED) is 0.910. The summed E-state index contributed by atoms with van der Waals surface area (Å²) >= 11 is 5.87. The molecule has 2 N–H and O–H groups in total. The van der Waals surface area contributed by atoms with Crippen molar-refractivity contribution in [3.8, 4) is 0 Å². The molecule has 0 amide bonds. The van der Waals surface area contributed by atoms with Crippen LogP contribution in [0.2, 0.25) is 5.02 Å². The van der Waals surface area contributed by atoms with E-state index in [1.54, 1.807) is 25.1 Å². The topological polar surface area (TPSA) is 58.2 Å². The van der Waals surface area contributed by atoms with E-state index in [1.165, 1.54) is 6.07 Å². The summed E-state index contributed by atoms with van der Waals surface area (Å²) in [5.41, 5.74) is 3.40. The monoisotopic (exact) mass is 322 g/mol. The molecule has 4 nitrogen and oxygen atoms in total. The van der Waals surface area contributed by atoms with Crippen LogP contribution in [0.4, 0.5) is 11.4 Å². The fraction of sp³-hybridized carbons (Fsp3) is 0.200. The van der Waals surface area contributed by atoms with E-state index < -0.39 is 10.0 Å². The van der Waals surface area contributed by atoms with Crippen molar-refractivity contribution in [2.45, 2.75) is 18.2 Å². The largest absolute Gasteiger partial charge is 0.384 e. The van der Waals surface area contributed by atoms with E-state index in [4.69, 9.17) is 11.6 Å². The summed E-state index contributed by atoms with van der Waals surface area (Å²) < 4.78 is 27.6. The third kappa shape index (κ3) is 2.84. The lowest BCUT2D eigenvalue weighted by Crippen LogP contribution is -2.14. The van der Waals surface area contributed by atoms with Gasteiger partial charge in [0, 0.05) is 22.9 Å². The molecule has 0 aliphatic carbocycles. The predicted molar refractivity (Wildman–Crippen MR) is 85.6 cm³/mol. The van der Waals surface area contributed by atoms with E-state index >= 15 is 0 Å². The van der Waals surface area contributed by atoms with Gasteiger partial charge in [-0.05, 0) is 60.9 Å². The molecule has 0 radical (unpaired) electrons. The van der Waals surface area contributed by atoms with Gasteiger partial charge in [-0.3, -0.25) is 4.72 Å². The second-order valence-corrected chi connectivity index (χ2v) is 7.15. The molecule has 0 saturated heterocycles. The molecule has 1 aliphatic heterocycles. The average molecular weight is 323 g/mol. The number of sulfonamides is 1. The van der Waals surface area contributed by atoms with Gasteiger partial charge in [0.05, 0.1) is 4.90 Å². The number of hydrogen-bond acceptors (Lipinski definition) is 3. The standard InChI is InChI=1S/C15H15ClN2O2S/c1-10-8-12(16)2-5-15(10)21(19,20)18-13-3-4-14-11(9-13)6-7-17-14/h2-5,8-9,17-18H,6-7H2,1H3. The molecule has 6 heteroatoms. The van der Waals surface area contributed by atoms with Gasteiger partial charge in [0.15, 0.2) is 0 Å². The highest BCUT2D eigenvalue weighted by Crippen LogP contribution is 2.27. The predicted octanol–water partition coefficient (Wildman–Crippen LogP) is 3.42. The van der Waals surface area contributed by atoms with Crippen molar-refractivity contribution < 1.29 is 8.42 Å². The summed E-state index contributed by atoms with van der Waals surface area (Å²) in [6.45, 7) is 2.62. The van der Waals surface area contributed by atoms with E-state index in [9.17, 15) is 8.42 Å². The molecule has 0 aromatic heterocycles. The zero-order valence-corrected chi connectivity index (χ0v) is 13.1. The molecule has 1 aliphatic rings. The summed E-state index contributed by atoms with van der Waals surface area (Å²) in [4.78, 5) is 0.241. The van der Waals surface area contributed by atoms with Gasteiger partial charge >= 0.3 is 0 Å². The molecule has 2 aromatic carbocycles. The minimum atomic E-state index is -3.61. The number of fused-ring (bicyclic) bond motifs is 1. The summed E-state index contributed by atoms with van der Waals surface area (Å²) in [6, 6.07) is 10.3. The van der Waals surface area contributed by atoms with Crippen molar-refractivity contribution in [2.75, 3.05) is 16.6 Å². The van der Waals surface area contributed by atoms with E-state index in [0.29, 0.717) is 16.3 Å². The molecule has 0 spiro atoms. The number of anilines is 2. The van der Waals surface area contributed by atoms with Gasteiger partial charge in [-0.1, -0.05) is 11.6 Å². The van der Waals surface area contributed by atoms with Crippen LogP contribution < -0.4 is 10.0 Å². The molecule has 0 bridgehead atoms. The van der Waals surface area contributed by atoms with Gasteiger partial charge in [0.2, 0.25) is 0 Å². The van der Waals surface area contributed by atoms with Crippen LogP contribution >= 0.6 is 11.6 Å². The number of nitrogens with one attached hydrogen (secondary N) is 2. The van der Waals surface area contributed by atoms with Crippen LogP contribution in [-0.2, 0) is 16.4 Å². The number of hydrogen-bond donors (Lipinski definition) is 2. The van der Waals surface area contributed by atoms with Crippen LogP contribution in [0, 0.1) is 6.92 Å². The summed E-state index contributed by atoms with van der Waals surface area (Å²) in [5.74, 6) is 0. The Balaban J connectivity index is 1.92. The Hall–Kier alpha value is -1.72. The van der Waals surface area contributed by atoms with Crippen LogP contribution in [0.3, 0.4) is 0 Å². The zero-order chi connectivity index (χ0) is 15.0. The molecule has 3 rings (SSSR count). The van der Waals surface area contributed by atoms with Crippen molar-refractivity contribution >= 4 is 33.0 Å². The Morgan fingerprint density at radius 3 is 2.76 bits per heavy atom. The lowest BCUT2D eigenvalue weighted by Gasteiger charge is -2.11. The highest BCUT2D eigenvalue weighted by atomic mass is 35.5. The SMILES string of the molecule is Cc1cc(Cl)ccc1S(=O)(=O)Nc1ccc2c(c1)CCN2. The number of aryl methyl sites for hydroxylation is 1. The van der Waals surface area contributed by atoms with Crippen molar-refractivity contribution in [1.29, 1.82) is 0 Å². The van der Waals surface area contributed by atoms with E-state index in [0.717, 1.165) is 24.2 Å². The normalized spacial score (nSPS) is 13.6. The molecule has 0 atom stereocenters. The summed E-state index contributed by atoms with van der Waals surface area (Å²) in [7, 11) is -3.61. The number of benzene rings is 2. The number of halogens is 1. The minimum absolute atomic E-state index is 0.241. The first-order valence-corrected chi connectivity index (χ1v) is 8.47. The molecular weight excluding hydrogens is 308 g/mol. The van der Waals surface area contributed by atoms with Gasteiger partial charge < -0.3 is 5.32 Å². The highest BCUT2D eigenvalue weighted by molar-refractivity contribution is 7.92. The molecule has 0 unspecified atom stereocenters. The van der Waals surface area contributed by atoms with E-state index in [-0.39, 0.29) is 4.90 Å². The first-order chi connectivity index (χ1) is 9.95. The maximum atomic E-state index is 12.5. The molecule has 110 valence electrons. The molecular formula is C15H15ClN2O2S. The maximum absolute atomic E-state index is 12.5. The Morgan fingerprint density at radius 2 is 2.00 bits per heavy atom. The van der Waals surface area contributed by atoms with Gasteiger partial charge in [0.1, 0.15) is 0 Å². The molecule has 0 saturated carbocycles. The molecule has 2 aromatic rings. The third-order valence-corrected chi connectivity index (χ3v) is 5.27. The zero-order valence-electron chi connectivity index (χ0n) is 11.5. The fourth-order valence-electron chi connectivity index (χ4n) is 2.49. The lowest BCUT2D eigenvalue weighted by atomic mass is 10.1. The van der Waals surface area contributed by atoms with Crippen LogP contribution in [0.5, 0.6) is 0 Å². The Labute approximate surface area is 129 Å². The smallest absolute Gasteiger partial charge is 0.262 e. The van der Waals surface area contributed by atoms with Crippen LogP contribution in [0.15, 0.2) is 41.3 Å². The van der Waals surface area contributed by atoms with Gasteiger partial charge in [0.25, 0.3) is 10.0 Å². The average Bonchev–Trinajstić information content (AvgIpc) is 2.85. The van der Waals surface area contributed by atoms with Crippen LogP contribution in [0.1, 0.15) is 11.1 Å². The van der Waals surface area contributed by atoms with Crippen LogP contribution in [-0.4, -0.2) is 15.0 Å². The summed E-state index contributed by atoms with van der Waals surface area (Å²) in [6.07, 6.45) is 0.908. The van der Waals surface area contributed by atoms with Crippen molar-refractivity contribution in [3.05, 3.63) is 52.5 Å². The van der Waals surface area contributed by atoms with Gasteiger partial charge in [-0.15, -0.1) is 0 Å². The van der Waals surface area contributed by atoms with Gasteiger partial charge in [-0.2, -0.15) is 0 Å². The second kappa shape index (κ2) is 5.24. The summed E-state index contributed by atoms with van der Waals surface area (Å²) in [5, 5.41) is 3.77. The number of rotatable bonds is 3. The maximum Gasteiger partial charge on any atom is 0.262 e. The van der Waals surface area contributed by atoms with Crippen molar-refractivity contribution in [3.63, 3.8) is 0 Å². The van der Waals surface area contributed by atoms with Crippen molar-refractivity contribution in [1.82, 2.24) is 0 Å². The minimum Gasteiger partial charge on any atom is -0.384 e.